The van der Waals surface area contributed by atoms with E-state index in [1.165, 1.54) is 23.9 Å². The lowest BCUT2D eigenvalue weighted by Crippen LogP contribution is -2.58. The zero-order chi connectivity index (χ0) is 42.0. The third-order valence-corrected chi connectivity index (χ3v) is 11.3. The molecule has 6 rings (SSSR count). The third-order valence-electron chi connectivity index (χ3n) is 9.06. The van der Waals surface area contributed by atoms with Crippen LogP contribution in [0.25, 0.3) is 0 Å². The quantitative estimate of drug-likeness (QED) is 0.0599. The molecule has 4 N–H and O–H groups in total. The zero-order valence-corrected chi connectivity index (χ0v) is 34.8. The van der Waals surface area contributed by atoms with E-state index in [1.54, 1.807) is 69.2 Å². The van der Waals surface area contributed by atoms with Crippen molar-refractivity contribution >= 4 is 43.2 Å². The van der Waals surface area contributed by atoms with E-state index in [-0.39, 0.29) is 31.2 Å². The van der Waals surface area contributed by atoms with Gasteiger partial charge in [0.05, 0.1) is 31.2 Å². The summed E-state index contributed by atoms with van der Waals surface area (Å²) in [7, 11) is -2.90. The smallest absolute Gasteiger partial charge is 0.497 e. The maximum absolute atomic E-state index is 14.9. The standard InChI is InChI=1S/C44H47N4O9PS/c1-44(2,3)56-43(51)47-46-36(27-30-19-23-35(24-20-30)57-58(52,53)55-29-32-15-9-6-10-16-32)41(49)45-39-40(33-21-25-34(54-4)26-22-33)59-38-18-12-11-17-37(38)48(42(39)50)28-31-13-7-5-8-14-31/h5-26,36,39-40,46H,27-29H2,1-4H3,(H,45,49)(H,47,51)(H,52,53)/t36-,39+,40+/m0/s1. The number of nitrogens with zero attached hydrogens (tertiary/aromatic N) is 1. The summed E-state index contributed by atoms with van der Waals surface area (Å²) in [5, 5.41) is 2.48. The van der Waals surface area contributed by atoms with Crippen molar-refractivity contribution in [2.45, 2.75) is 68.2 Å². The summed E-state index contributed by atoms with van der Waals surface area (Å²) in [6.45, 7) is 5.27. The lowest BCUT2D eigenvalue weighted by Gasteiger charge is -2.30. The SMILES string of the molecule is COc1ccc([C@H]2Sc3ccccc3N(Cc3ccccc3)C(=O)[C@@H]2NC(=O)[C@H](Cc2ccc(OP(=O)(O)OCc3ccccc3)cc2)NNC(=O)OC(C)(C)C)cc1. The average molecular weight is 839 g/mol. The first-order valence-electron chi connectivity index (χ1n) is 18.9. The van der Waals surface area contributed by atoms with Crippen LogP contribution in [0.4, 0.5) is 10.5 Å². The van der Waals surface area contributed by atoms with E-state index in [9.17, 15) is 23.8 Å². The van der Waals surface area contributed by atoms with Crippen molar-refractivity contribution < 1.29 is 42.4 Å². The lowest BCUT2D eigenvalue weighted by molar-refractivity contribution is -0.129. The number of carbonyl (C=O) groups is 3. The van der Waals surface area contributed by atoms with Crippen LogP contribution in [-0.4, -0.2) is 47.6 Å². The van der Waals surface area contributed by atoms with Gasteiger partial charge in [0, 0.05) is 4.90 Å². The number of hydrogen-bond acceptors (Lipinski definition) is 10. The van der Waals surface area contributed by atoms with Crippen LogP contribution in [0, 0.1) is 0 Å². The fourth-order valence-corrected chi connectivity index (χ4v) is 8.34. The van der Waals surface area contributed by atoms with Crippen LogP contribution in [0.3, 0.4) is 0 Å². The highest BCUT2D eigenvalue weighted by Crippen LogP contribution is 2.47. The Morgan fingerprint density at radius 1 is 0.814 bits per heavy atom. The summed E-state index contributed by atoms with van der Waals surface area (Å²) in [6.07, 6.45) is -0.798. The van der Waals surface area contributed by atoms with E-state index in [0.29, 0.717) is 22.6 Å². The molecule has 0 aromatic heterocycles. The van der Waals surface area contributed by atoms with Gasteiger partial charge in [-0.05, 0) is 85.8 Å². The molecule has 0 radical (unpaired) electrons. The van der Waals surface area contributed by atoms with Crippen LogP contribution in [0.1, 0.15) is 48.3 Å². The number of ether oxygens (including phenoxy) is 2. The first kappa shape index (κ1) is 43.0. The van der Waals surface area contributed by atoms with Gasteiger partial charge in [0.25, 0.3) is 5.91 Å². The number of thioether (sulfide) groups is 1. The van der Waals surface area contributed by atoms with Crippen LogP contribution >= 0.6 is 19.6 Å². The van der Waals surface area contributed by atoms with Crippen LogP contribution in [-0.2, 0) is 43.0 Å². The Hall–Kier alpha value is -5.63. The molecule has 0 saturated heterocycles. The molecule has 0 spiro atoms. The molecule has 4 atom stereocenters. The fraction of sp³-hybridized carbons (Fsp3) is 0.250. The molecule has 15 heteroatoms. The van der Waals surface area contributed by atoms with E-state index >= 15 is 0 Å². The van der Waals surface area contributed by atoms with Gasteiger partial charge in [0.15, 0.2) is 0 Å². The molecule has 0 fully saturated rings. The van der Waals surface area contributed by atoms with Crippen LogP contribution in [0.15, 0.2) is 138 Å². The number of nitrogens with one attached hydrogen (secondary N) is 3. The summed E-state index contributed by atoms with van der Waals surface area (Å²) in [5.41, 5.74) is 8.18. The third kappa shape index (κ3) is 12.2. The molecular formula is C44H47N4O9PS. The van der Waals surface area contributed by atoms with E-state index in [1.807, 2.05) is 84.9 Å². The Labute approximate surface area is 348 Å². The summed E-state index contributed by atoms with van der Waals surface area (Å²) in [4.78, 5) is 55.2. The number of hydrogen-bond donors (Lipinski definition) is 4. The number of carbonyl (C=O) groups excluding carboxylic acids is 3. The minimum Gasteiger partial charge on any atom is -0.497 e. The number of rotatable bonds is 15. The Bertz CT molecular complexity index is 2240. The van der Waals surface area contributed by atoms with Crippen molar-refractivity contribution in [3.8, 4) is 11.5 Å². The fourth-order valence-electron chi connectivity index (χ4n) is 6.25. The minimum absolute atomic E-state index is 0.0123. The summed E-state index contributed by atoms with van der Waals surface area (Å²) < 4.78 is 34.0. The van der Waals surface area contributed by atoms with Crippen LogP contribution in [0.5, 0.6) is 11.5 Å². The predicted molar refractivity (Wildman–Crippen MR) is 226 cm³/mol. The molecule has 1 aliphatic heterocycles. The molecule has 0 aliphatic carbocycles. The molecule has 59 heavy (non-hydrogen) atoms. The molecule has 1 aliphatic rings. The zero-order valence-electron chi connectivity index (χ0n) is 33.1. The largest absolute Gasteiger partial charge is 0.527 e. The summed E-state index contributed by atoms with van der Waals surface area (Å²) in [6, 6.07) is 37.5. The molecular weight excluding hydrogens is 792 g/mol. The van der Waals surface area contributed by atoms with Crippen LogP contribution in [0.2, 0.25) is 0 Å². The number of para-hydroxylation sites is 1. The highest BCUT2D eigenvalue weighted by Gasteiger charge is 2.40. The van der Waals surface area contributed by atoms with E-state index in [2.05, 4.69) is 16.2 Å². The maximum Gasteiger partial charge on any atom is 0.527 e. The molecule has 0 saturated carbocycles. The number of amides is 3. The number of methoxy groups -OCH3 is 1. The van der Waals surface area contributed by atoms with Gasteiger partial charge < -0.3 is 24.2 Å². The minimum atomic E-state index is -4.48. The highest BCUT2D eigenvalue weighted by molar-refractivity contribution is 7.99. The summed E-state index contributed by atoms with van der Waals surface area (Å²) >= 11 is 1.47. The molecule has 3 amide bonds. The van der Waals surface area contributed by atoms with Gasteiger partial charge in [-0.1, -0.05) is 97.1 Å². The molecule has 5 aromatic rings. The number of anilines is 1. The van der Waals surface area contributed by atoms with Crippen molar-refractivity contribution in [1.82, 2.24) is 16.2 Å². The topological polar surface area (TPSA) is 165 Å². The first-order valence-corrected chi connectivity index (χ1v) is 21.2. The van der Waals surface area contributed by atoms with E-state index in [0.717, 1.165) is 16.0 Å². The van der Waals surface area contributed by atoms with Gasteiger partial charge in [-0.15, -0.1) is 11.8 Å². The van der Waals surface area contributed by atoms with E-state index < -0.39 is 42.8 Å². The summed E-state index contributed by atoms with van der Waals surface area (Å²) in [5.74, 6) is -0.210. The van der Waals surface area contributed by atoms with Gasteiger partial charge in [0.2, 0.25) is 5.91 Å². The molecule has 0 bridgehead atoms. The van der Waals surface area contributed by atoms with Gasteiger partial charge in [-0.2, -0.15) is 0 Å². The second-order valence-electron chi connectivity index (χ2n) is 14.7. The highest BCUT2D eigenvalue weighted by atomic mass is 32.2. The van der Waals surface area contributed by atoms with E-state index in [4.69, 9.17) is 18.5 Å². The molecule has 308 valence electrons. The Kier molecular flexibility index (Phi) is 14.1. The predicted octanol–water partition coefficient (Wildman–Crippen LogP) is 7.90. The number of phosphoric acid groups is 1. The van der Waals surface area contributed by atoms with Gasteiger partial charge in [-0.25, -0.2) is 14.8 Å². The van der Waals surface area contributed by atoms with Crippen molar-refractivity contribution in [3.05, 3.63) is 156 Å². The van der Waals surface area contributed by atoms with Crippen molar-refractivity contribution in [1.29, 1.82) is 0 Å². The Morgan fingerprint density at radius 2 is 1.42 bits per heavy atom. The number of hydrazine groups is 1. The maximum atomic E-state index is 14.9. The van der Waals surface area contributed by atoms with Crippen molar-refractivity contribution in [3.63, 3.8) is 0 Å². The Balaban J connectivity index is 1.27. The number of phosphoric ester groups is 1. The van der Waals surface area contributed by atoms with Gasteiger partial charge in [0.1, 0.15) is 29.2 Å². The Morgan fingerprint density at radius 3 is 2.07 bits per heavy atom. The van der Waals surface area contributed by atoms with Crippen molar-refractivity contribution in [2.24, 2.45) is 0 Å². The van der Waals surface area contributed by atoms with Crippen molar-refractivity contribution in [2.75, 3.05) is 12.0 Å². The first-order chi connectivity index (χ1) is 28.3. The number of benzene rings is 5. The van der Waals surface area contributed by atoms with Gasteiger partial charge >= 0.3 is 13.9 Å². The second kappa shape index (κ2) is 19.4. The van der Waals surface area contributed by atoms with Gasteiger partial charge in [-0.3, -0.25) is 24.4 Å². The average Bonchev–Trinajstić information content (AvgIpc) is 3.33. The molecule has 1 heterocycles. The lowest BCUT2D eigenvalue weighted by atomic mass is 10.0. The number of fused-ring (bicyclic) bond motifs is 1. The van der Waals surface area contributed by atoms with Crippen LogP contribution < -0.4 is 30.3 Å². The molecule has 1 unspecified atom stereocenters. The molecule has 5 aromatic carbocycles. The molecule has 13 nitrogen and oxygen atoms in total. The second-order valence-corrected chi connectivity index (χ2v) is 17.2. The monoisotopic (exact) mass is 838 g/mol. The normalized spacial score (nSPS) is 16.8.